The molecule has 0 fully saturated rings. The SMILES string of the molecule is COc1ccc(O[C@H](C)C(=O)Nc2ccccc2C#N)c([N+](=O)[O-])c1. The number of hydrogen-bond acceptors (Lipinski definition) is 6. The lowest BCUT2D eigenvalue weighted by atomic mass is 10.2. The van der Waals surface area contributed by atoms with Gasteiger partial charge < -0.3 is 14.8 Å². The number of nitrogens with zero attached hydrogens (tertiary/aromatic N) is 2. The van der Waals surface area contributed by atoms with Crippen LogP contribution >= 0.6 is 0 Å². The van der Waals surface area contributed by atoms with Gasteiger partial charge in [0, 0.05) is 0 Å². The molecule has 1 amide bonds. The number of benzene rings is 2. The molecule has 0 aliphatic carbocycles. The molecule has 8 nitrogen and oxygen atoms in total. The number of nitriles is 1. The van der Waals surface area contributed by atoms with Gasteiger partial charge in [0.25, 0.3) is 5.91 Å². The second-order valence-corrected chi connectivity index (χ2v) is 5.00. The first kappa shape index (κ1) is 17.7. The summed E-state index contributed by atoms with van der Waals surface area (Å²) in [4.78, 5) is 22.8. The van der Waals surface area contributed by atoms with E-state index in [-0.39, 0.29) is 11.4 Å². The summed E-state index contributed by atoms with van der Waals surface area (Å²) in [6.07, 6.45) is -1.01. The van der Waals surface area contributed by atoms with Gasteiger partial charge in [-0.05, 0) is 31.2 Å². The fourth-order valence-electron chi connectivity index (χ4n) is 2.03. The van der Waals surface area contributed by atoms with E-state index in [0.29, 0.717) is 17.0 Å². The van der Waals surface area contributed by atoms with E-state index < -0.39 is 16.9 Å². The fraction of sp³-hybridized carbons (Fsp3) is 0.176. The number of hydrogen-bond donors (Lipinski definition) is 1. The lowest BCUT2D eigenvalue weighted by Gasteiger charge is -2.15. The minimum absolute atomic E-state index is 0.0537. The van der Waals surface area contributed by atoms with Gasteiger partial charge in [-0.1, -0.05) is 12.1 Å². The van der Waals surface area contributed by atoms with Crippen LogP contribution in [-0.4, -0.2) is 24.0 Å². The van der Waals surface area contributed by atoms with Gasteiger partial charge in [-0.2, -0.15) is 5.26 Å². The molecule has 2 aromatic rings. The number of anilines is 1. The Hall–Kier alpha value is -3.60. The maximum atomic E-state index is 12.2. The third kappa shape index (κ3) is 4.23. The van der Waals surface area contributed by atoms with Crippen LogP contribution in [-0.2, 0) is 4.79 Å². The zero-order valence-electron chi connectivity index (χ0n) is 13.6. The molecule has 0 unspecified atom stereocenters. The molecule has 0 bridgehead atoms. The summed E-state index contributed by atoms with van der Waals surface area (Å²) in [5.74, 6) is -0.283. The minimum atomic E-state index is -1.01. The van der Waals surface area contributed by atoms with Crippen LogP contribution in [0.2, 0.25) is 0 Å². The molecular weight excluding hydrogens is 326 g/mol. The van der Waals surface area contributed by atoms with Gasteiger partial charge in [0.2, 0.25) is 0 Å². The van der Waals surface area contributed by atoms with Crippen LogP contribution in [0.25, 0.3) is 0 Å². The number of methoxy groups -OCH3 is 1. The predicted molar refractivity (Wildman–Crippen MR) is 89.5 cm³/mol. The number of ether oxygens (including phenoxy) is 2. The van der Waals surface area contributed by atoms with E-state index >= 15 is 0 Å². The average molecular weight is 341 g/mol. The molecule has 0 aliphatic heterocycles. The van der Waals surface area contributed by atoms with Gasteiger partial charge in [-0.3, -0.25) is 14.9 Å². The third-order valence-corrected chi connectivity index (χ3v) is 3.34. The van der Waals surface area contributed by atoms with E-state index in [1.807, 2.05) is 6.07 Å². The molecule has 0 saturated carbocycles. The van der Waals surface area contributed by atoms with E-state index in [1.54, 1.807) is 24.3 Å². The maximum absolute atomic E-state index is 12.2. The molecule has 8 heteroatoms. The van der Waals surface area contributed by atoms with Crippen LogP contribution in [0.3, 0.4) is 0 Å². The molecule has 0 aliphatic rings. The van der Waals surface area contributed by atoms with Crippen LogP contribution in [0.5, 0.6) is 11.5 Å². The standard InChI is InChI=1S/C17H15N3O5/c1-11(17(21)19-14-6-4-3-5-12(14)10-18)25-16-8-7-13(24-2)9-15(16)20(22)23/h3-9,11H,1-2H3,(H,19,21)/t11-/m1/s1. The second-order valence-electron chi connectivity index (χ2n) is 5.00. The van der Waals surface area contributed by atoms with Crippen molar-refractivity contribution in [3.05, 3.63) is 58.1 Å². The van der Waals surface area contributed by atoms with Crippen LogP contribution in [0.4, 0.5) is 11.4 Å². The van der Waals surface area contributed by atoms with Crippen LogP contribution < -0.4 is 14.8 Å². The molecule has 25 heavy (non-hydrogen) atoms. The Morgan fingerprint density at radius 1 is 1.32 bits per heavy atom. The zero-order chi connectivity index (χ0) is 18.4. The van der Waals surface area contributed by atoms with Gasteiger partial charge >= 0.3 is 5.69 Å². The first-order valence-electron chi connectivity index (χ1n) is 7.25. The fourth-order valence-corrected chi connectivity index (χ4v) is 2.03. The monoisotopic (exact) mass is 341 g/mol. The molecule has 1 atom stereocenters. The molecule has 0 heterocycles. The zero-order valence-corrected chi connectivity index (χ0v) is 13.6. The molecule has 0 radical (unpaired) electrons. The lowest BCUT2D eigenvalue weighted by molar-refractivity contribution is -0.386. The van der Waals surface area contributed by atoms with E-state index in [2.05, 4.69) is 5.32 Å². The first-order chi connectivity index (χ1) is 12.0. The maximum Gasteiger partial charge on any atom is 0.314 e. The van der Waals surface area contributed by atoms with Crippen molar-refractivity contribution in [1.82, 2.24) is 0 Å². The number of nitro benzene ring substituents is 1. The van der Waals surface area contributed by atoms with E-state index in [9.17, 15) is 14.9 Å². The van der Waals surface area contributed by atoms with Gasteiger partial charge in [-0.25, -0.2) is 0 Å². The summed E-state index contributed by atoms with van der Waals surface area (Å²) in [5, 5.41) is 22.8. The van der Waals surface area contributed by atoms with Crippen molar-refractivity contribution in [3.8, 4) is 17.6 Å². The molecule has 0 spiro atoms. The summed E-state index contributed by atoms with van der Waals surface area (Å²) in [7, 11) is 1.39. The Labute approximate surface area is 143 Å². The minimum Gasteiger partial charge on any atom is -0.496 e. The quantitative estimate of drug-likeness (QED) is 0.638. The Kier molecular flexibility index (Phi) is 5.53. The number of para-hydroxylation sites is 1. The third-order valence-electron chi connectivity index (χ3n) is 3.34. The number of nitro groups is 1. The van der Waals surface area contributed by atoms with Gasteiger partial charge in [-0.15, -0.1) is 0 Å². The molecule has 0 saturated heterocycles. The van der Waals surface area contributed by atoms with Crippen molar-refractivity contribution in [2.24, 2.45) is 0 Å². The topological polar surface area (TPSA) is 114 Å². The molecule has 1 N–H and O–H groups in total. The molecule has 2 aromatic carbocycles. The molecule has 2 rings (SSSR count). The number of carbonyl (C=O) groups is 1. The number of nitrogens with one attached hydrogen (secondary N) is 1. The molecule has 0 aromatic heterocycles. The molecular formula is C17H15N3O5. The largest absolute Gasteiger partial charge is 0.496 e. The number of rotatable bonds is 6. The van der Waals surface area contributed by atoms with Gasteiger partial charge in [0.05, 0.1) is 29.4 Å². The Morgan fingerprint density at radius 2 is 2.04 bits per heavy atom. The highest BCUT2D eigenvalue weighted by atomic mass is 16.6. The van der Waals surface area contributed by atoms with Crippen molar-refractivity contribution >= 4 is 17.3 Å². The number of carbonyl (C=O) groups excluding carboxylic acids is 1. The lowest BCUT2D eigenvalue weighted by Crippen LogP contribution is -2.30. The number of amides is 1. The van der Waals surface area contributed by atoms with Crippen molar-refractivity contribution < 1.29 is 19.2 Å². The summed E-state index contributed by atoms with van der Waals surface area (Å²) in [5.41, 5.74) is 0.338. The Balaban J connectivity index is 2.16. The van der Waals surface area contributed by atoms with Crippen LogP contribution in [0, 0.1) is 21.4 Å². The Morgan fingerprint density at radius 3 is 2.68 bits per heavy atom. The van der Waals surface area contributed by atoms with Crippen molar-refractivity contribution in [1.29, 1.82) is 5.26 Å². The highest BCUT2D eigenvalue weighted by Gasteiger charge is 2.22. The summed E-state index contributed by atoms with van der Waals surface area (Å²) in [6.45, 7) is 1.46. The highest BCUT2D eigenvalue weighted by molar-refractivity contribution is 5.95. The van der Waals surface area contributed by atoms with E-state index in [4.69, 9.17) is 14.7 Å². The predicted octanol–water partition coefficient (Wildman–Crippen LogP) is 2.88. The normalized spacial score (nSPS) is 11.1. The van der Waals surface area contributed by atoms with E-state index in [0.717, 1.165) is 0 Å². The first-order valence-corrected chi connectivity index (χ1v) is 7.25. The summed E-state index contributed by atoms with van der Waals surface area (Å²) >= 11 is 0. The van der Waals surface area contributed by atoms with Crippen LogP contribution in [0.1, 0.15) is 12.5 Å². The summed E-state index contributed by atoms with van der Waals surface area (Å²) in [6, 6.07) is 12.5. The summed E-state index contributed by atoms with van der Waals surface area (Å²) < 4.78 is 10.4. The van der Waals surface area contributed by atoms with E-state index in [1.165, 1.54) is 32.2 Å². The van der Waals surface area contributed by atoms with Gasteiger partial charge in [0.1, 0.15) is 11.8 Å². The highest BCUT2D eigenvalue weighted by Crippen LogP contribution is 2.31. The Bertz CT molecular complexity index is 844. The average Bonchev–Trinajstić information content (AvgIpc) is 2.62. The van der Waals surface area contributed by atoms with Gasteiger partial charge in [0.15, 0.2) is 11.9 Å². The van der Waals surface area contributed by atoms with Crippen LogP contribution in [0.15, 0.2) is 42.5 Å². The second kappa shape index (κ2) is 7.79. The van der Waals surface area contributed by atoms with Crippen molar-refractivity contribution in [2.45, 2.75) is 13.0 Å². The smallest absolute Gasteiger partial charge is 0.314 e. The van der Waals surface area contributed by atoms with Crippen molar-refractivity contribution in [2.75, 3.05) is 12.4 Å². The molecule has 128 valence electrons. The van der Waals surface area contributed by atoms with Crippen molar-refractivity contribution in [3.63, 3.8) is 0 Å².